The molecule has 3 rings (SSSR count). The Morgan fingerprint density at radius 1 is 1.38 bits per heavy atom. The Balaban J connectivity index is 1.86. The smallest absolute Gasteiger partial charge is 0.110 e. The second-order valence-electron chi connectivity index (χ2n) is 4.06. The third kappa shape index (κ3) is 2.09. The second-order valence-corrected chi connectivity index (χ2v) is 6.78. The van der Waals surface area contributed by atoms with E-state index in [1.807, 2.05) is 0 Å². The van der Waals surface area contributed by atoms with Crippen molar-refractivity contribution in [3.8, 4) is 10.6 Å². The Bertz CT molecular complexity index is 502. The summed E-state index contributed by atoms with van der Waals surface area (Å²) in [6.07, 6.45) is 2.53. The van der Waals surface area contributed by atoms with Crippen molar-refractivity contribution < 1.29 is 0 Å². The molecule has 2 heterocycles. The third-order valence-corrected chi connectivity index (χ3v) is 5.42. The number of nitrogens with two attached hydrogens (primary N) is 1. The van der Waals surface area contributed by atoms with Gasteiger partial charge in [0.25, 0.3) is 0 Å². The summed E-state index contributed by atoms with van der Waals surface area (Å²) in [5, 5.41) is 5.27. The molecule has 0 bridgehead atoms. The first-order chi connectivity index (χ1) is 7.74. The molecule has 2 nitrogen and oxygen atoms in total. The first-order valence-electron chi connectivity index (χ1n) is 5.19. The van der Waals surface area contributed by atoms with Crippen LogP contribution in [-0.4, -0.2) is 4.98 Å². The largest absolute Gasteiger partial charge is 0.322 e. The van der Waals surface area contributed by atoms with Crippen LogP contribution in [0.2, 0.25) is 0 Å². The Kier molecular flexibility index (Phi) is 2.87. The molecule has 1 saturated carbocycles. The van der Waals surface area contributed by atoms with Crippen molar-refractivity contribution in [2.24, 2.45) is 11.7 Å². The molecule has 0 aromatic carbocycles. The summed E-state index contributed by atoms with van der Waals surface area (Å²) >= 11 is 6.85. The highest BCUT2D eigenvalue weighted by molar-refractivity contribution is 9.10. The molecule has 1 aliphatic rings. The summed E-state index contributed by atoms with van der Waals surface area (Å²) in [6.45, 7) is 0. The van der Waals surface area contributed by atoms with Crippen molar-refractivity contribution in [1.82, 2.24) is 4.98 Å². The molecule has 84 valence electrons. The molecule has 0 radical (unpaired) electrons. The van der Waals surface area contributed by atoms with Crippen LogP contribution in [0.25, 0.3) is 10.6 Å². The van der Waals surface area contributed by atoms with E-state index in [9.17, 15) is 0 Å². The molecule has 16 heavy (non-hydrogen) atoms. The highest BCUT2D eigenvalue weighted by atomic mass is 79.9. The van der Waals surface area contributed by atoms with Gasteiger partial charge in [0.15, 0.2) is 0 Å². The number of hydrogen-bond donors (Lipinski definition) is 1. The molecule has 1 atom stereocenters. The van der Waals surface area contributed by atoms with Gasteiger partial charge >= 0.3 is 0 Å². The number of thiophene rings is 1. The van der Waals surface area contributed by atoms with Gasteiger partial charge in [-0.1, -0.05) is 0 Å². The van der Waals surface area contributed by atoms with Gasteiger partial charge in [-0.25, -0.2) is 4.98 Å². The van der Waals surface area contributed by atoms with Crippen LogP contribution in [0.3, 0.4) is 0 Å². The van der Waals surface area contributed by atoms with Gasteiger partial charge in [0, 0.05) is 15.2 Å². The molecular weight excluding hydrogens is 304 g/mol. The van der Waals surface area contributed by atoms with Crippen molar-refractivity contribution in [2.45, 2.75) is 18.9 Å². The first kappa shape index (κ1) is 10.9. The SMILES string of the molecule is NC(c1nc(-c2cc(Br)cs2)cs1)C1CC1. The maximum atomic E-state index is 6.14. The van der Waals surface area contributed by atoms with E-state index in [4.69, 9.17) is 5.73 Å². The van der Waals surface area contributed by atoms with Crippen LogP contribution in [-0.2, 0) is 0 Å². The summed E-state index contributed by atoms with van der Waals surface area (Å²) in [5.74, 6) is 0.675. The molecular formula is C11H11BrN2S2. The molecule has 1 unspecified atom stereocenters. The van der Waals surface area contributed by atoms with Gasteiger partial charge < -0.3 is 5.73 Å². The van der Waals surface area contributed by atoms with E-state index in [0.29, 0.717) is 5.92 Å². The highest BCUT2D eigenvalue weighted by Crippen LogP contribution is 2.41. The molecule has 5 heteroatoms. The lowest BCUT2D eigenvalue weighted by Gasteiger charge is -2.04. The van der Waals surface area contributed by atoms with E-state index in [0.717, 1.165) is 15.2 Å². The van der Waals surface area contributed by atoms with Gasteiger partial charge in [-0.05, 0) is 40.8 Å². The third-order valence-electron chi connectivity index (χ3n) is 2.76. The van der Waals surface area contributed by atoms with Crippen molar-refractivity contribution in [3.05, 3.63) is 26.3 Å². The zero-order valence-corrected chi connectivity index (χ0v) is 11.7. The molecule has 0 spiro atoms. The second kappa shape index (κ2) is 4.22. The summed E-state index contributed by atoms with van der Waals surface area (Å²) in [7, 11) is 0. The van der Waals surface area contributed by atoms with Gasteiger partial charge in [0.2, 0.25) is 0 Å². The predicted octanol–water partition coefficient (Wildman–Crippen LogP) is 4.04. The zero-order valence-electron chi connectivity index (χ0n) is 8.52. The fourth-order valence-corrected chi connectivity index (χ4v) is 4.03. The standard InChI is InChI=1S/C11H11BrN2S2/c12-7-3-9(15-4-7)8-5-16-11(14-8)10(13)6-1-2-6/h3-6,10H,1-2,13H2. The maximum Gasteiger partial charge on any atom is 0.110 e. The fourth-order valence-electron chi connectivity index (χ4n) is 1.66. The predicted molar refractivity (Wildman–Crippen MR) is 72.8 cm³/mol. The molecule has 0 saturated heterocycles. The number of hydrogen-bond acceptors (Lipinski definition) is 4. The molecule has 2 N–H and O–H groups in total. The van der Waals surface area contributed by atoms with E-state index >= 15 is 0 Å². The zero-order chi connectivity index (χ0) is 11.1. The van der Waals surface area contributed by atoms with Crippen LogP contribution in [0.1, 0.15) is 23.9 Å². The van der Waals surface area contributed by atoms with Crippen molar-refractivity contribution in [1.29, 1.82) is 0 Å². The maximum absolute atomic E-state index is 6.14. The van der Waals surface area contributed by atoms with Crippen molar-refractivity contribution >= 4 is 38.6 Å². The molecule has 1 aliphatic carbocycles. The number of nitrogens with zero attached hydrogens (tertiary/aromatic N) is 1. The molecule has 0 amide bonds. The van der Waals surface area contributed by atoms with E-state index in [2.05, 4.69) is 37.7 Å². The van der Waals surface area contributed by atoms with Gasteiger partial charge in [-0.3, -0.25) is 0 Å². The van der Waals surface area contributed by atoms with E-state index in [1.165, 1.54) is 17.7 Å². The minimum atomic E-state index is 0.155. The first-order valence-corrected chi connectivity index (χ1v) is 7.74. The normalized spacial score (nSPS) is 17.6. The summed E-state index contributed by atoms with van der Waals surface area (Å²) in [4.78, 5) is 5.84. The summed E-state index contributed by atoms with van der Waals surface area (Å²) in [6, 6.07) is 2.26. The number of thiazole rings is 1. The fraction of sp³-hybridized carbons (Fsp3) is 0.364. The van der Waals surface area contributed by atoms with Gasteiger partial charge in [-0.2, -0.15) is 0 Å². The summed E-state index contributed by atoms with van der Waals surface area (Å²) < 4.78 is 1.12. The molecule has 2 aromatic rings. The summed E-state index contributed by atoms with van der Waals surface area (Å²) in [5.41, 5.74) is 7.20. The Morgan fingerprint density at radius 3 is 2.81 bits per heavy atom. The monoisotopic (exact) mass is 314 g/mol. The Hall–Kier alpha value is -0.230. The van der Waals surface area contributed by atoms with E-state index in [-0.39, 0.29) is 6.04 Å². The average Bonchev–Trinajstić information content (AvgIpc) is 2.84. The highest BCUT2D eigenvalue weighted by Gasteiger charge is 2.31. The van der Waals surface area contributed by atoms with E-state index in [1.54, 1.807) is 22.7 Å². The van der Waals surface area contributed by atoms with Crippen molar-refractivity contribution in [3.63, 3.8) is 0 Å². The van der Waals surface area contributed by atoms with Crippen LogP contribution in [0.15, 0.2) is 21.3 Å². The minimum Gasteiger partial charge on any atom is -0.322 e. The van der Waals surface area contributed by atoms with Crippen molar-refractivity contribution in [2.75, 3.05) is 0 Å². The molecule has 2 aromatic heterocycles. The Morgan fingerprint density at radius 2 is 2.19 bits per heavy atom. The van der Waals surface area contributed by atoms with Gasteiger partial charge in [0.05, 0.1) is 16.6 Å². The lowest BCUT2D eigenvalue weighted by Crippen LogP contribution is -2.11. The molecule has 0 aliphatic heterocycles. The minimum absolute atomic E-state index is 0.155. The Labute approximate surface area is 111 Å². The van der Waals surface area contributed by atoms with Gasteiger partial charge in [-0.15, -0.1) is 22.7 Å². The lowest BCUT2D eigenvalue weighted by atomic mass is 10.2. The van der Waals surface area contributed by atoms with Crippen LogP contribution >= 0.6 is 38.6 Å². The van der Waals surface area contributed by atoms with Crippen LogP contribution in [0.5, 0.6) is 0 Å². The van der Waals surface area contributed by atoms with E-state index < -0.39 is 0 Å². The number of rotatable bonds is 3. The lowest BCUT2D eigenvalue weighted by molar-refractivity contribution is 0.629. The number of halogens is 1. The van der Waals surface area contributed by atoms with Crippen LogP contribution in [0, 0.1) is 5.92 Å². The topological polar surface area (TPSA) is 38.9 Å². The van der Waals surface area contributed by atoms with Gasteiger partial charge in [0.1, 0.15) is 5.01 Å². The van der Waals surface area contributed by atoms with Crippen LogP contribution in [0.4, 0.5) is 0 Å². The quantitative estimate of drug-likeness (QED) is 0.928. The average molecular weight is 315 g/mol. The van der Waals surface area contributed by atoms with Crippen LogP contribution < -0.4 is 5.73 Å². The molecule has 1 fully saturated rings. The number of aromatic nitrogens is 1.